The summed E-state index contributed by atoms with van der Waals surface area (Å²) in [5.41, 5.74) is 1.30. The number of rotatable bonds is 5. The Hall–Kier alpha value is -2.47. The molecule has 6 heteroatoms. The number of Topliss-reactive ketones (excluding diaryl/α,β-unsaturated/α-hetero) is 1. The molecule has 0 saturated heterocycles. The summed E-state index contributed by atoms with van der Waals surface area (Å²) in [6, 6.07) is 13.4. The molecule has 5 nitrogen and oxygen atoms in total. The maximum Gasteiger partial charge on any atom is 0.340 e. The van der Waals surface area contributed by atoms with Gasteiger partial charge < -0.3 is 10.1 Å². The molecule has 1 atom stereocenters. The largest absolute Gasteiger partial charge is 0.449 e. The first-order valence-electron chi connectivity index (χ1n) is 7.26. The summed E-state index contributed by atoms with van der Waals surface area (Å²) in [4.78, 5) is 35.6. The molecule has 1 N–H and O–H groups in total. The number of benzene rings is 2. The SMILES string of the molecule is CC(=O)c1cccc(NC(=O)[C@H](C)OC(=O)c2ccccc2Br)c1. The normalized spacial score (nSPS) is 11.5. The number of amides is 1. The van der Waals surface area contributed by atoms with E-state index < -0.39 is 18.0 Å². The Morgan fingerprint density at radius 2 is 1.79 bits per heavy atom. The molecule has 0 heterocycles. The van der Waals surface area contributed by atoms with E-state index in [1.165, 1.54) is 13.8 Å². The van der Waals surface area contributed by atoms with E-state index in [9.17, 15) is 14.4 Å². The van der Waals surface area contributed by atoms with Gasteiger partial charge in [0, 0.05) is 15.7 Å². The minimum atomic E-state index is -0.981. The van der Waals surface area contributed by atoms with Gasteiger partial charge >= 0.3 is 5.97 Å². The van der Waals surface area contributed by atoms with Crippen LogP contribution in [0.15, 0.2) is 53.0 Å². The third-order valence-electron chi connectivity index (χ3n) is 3.28. The van der Waals surface area contributed by atoms with Crippen LogP contribution in [0.3, 0.4) is 0 Å². The van der Waals surface area contributed by atoms with Crippen LogP contribution in [0.1, 0.15) is 34.6 Å². The summed E-state index contributed by atoms with van der Waals surface area (Å²) in [5, 5.41) is 2.63. The van der Waals surface area contributed by atoms with Crippen LogP contribution < -0.4 is 5.32 Å². The van der Waals surface area contributed by atoms with Gasteiger partial charge in [0.2, 0.25) is 0 Å². The summed E-state index contributed by atoms with van der Waals surface area (Å²) < 4.78 is 5.78. The number of esters is 1. The number of halogens is 1. The molecule has 0 bridgehead atoms. The minimum absolute atomic E-state index is 0.0977. The molecular weight excluding hydrogens is 374 g/mol. The summed E-state index contributed by atoms with van der Waals surface area (Å²) >= 11 is 3.27. The van der Waals surface area contributed by atoms with Crippen molar-refractivity contribution in [3.63, 3.8) is 0 Å². The fourth-order valence-electron chi connectivity index (χ4n) is 1.96. The number of ether oxygens (including phenoxy) is 1. The summed E-state index contributed by atoms with van der Waals surface area (Å²) in [6.07, 6.45) is -0.981. The molecule has 0 spiro atoms. The Kier molecular flexibility index (Phi) is 5.87. The highest BCUT2D eigenvalue weighted by Crippen LogP contribution is 2.18. The van der Waals surface area contributed by atoms with E-state index in [0.29, 0.717) is 21.3 Å². The molecule has 0 aliphatic rings. The molecule has 2 aromatic carbocycles. The van der Waals surface area contributed by atoms with Crippen LogP contribution in [0.5, 0.6) is 0 Å². The lowest BCUT2D eigenvalue weighted by molar-refractivity contribution is -0.123. The van der Waals surface area contributed by atoms with Crippen molar-refractivity contribution in [1.29, 1.82) is 0 Å². The number of carbonyl (C=O) groups is 3. The number of ketones is 1. The monoisotopic (exact) mass is 389 g/mol. The average Bonchev–Trinajstić information content (AvgIpc) is 2.55. The molecule has 0 radical (unpaired) electrons. The van der Waals surface area contributed by atoms with Gasteiger partial charge in [0.1, 0.15) is 0 Å². The fourth-order valence-corrected chi connectivity index (χ4v) is 2.41. The van der Waals surface area contributed by atoms with Crippen LogP contribution in [0.2, 0.25) is 0 Å². The van der Waals surface area contributed by atoms with Crippen molar-refractivity contribution in [1.82, 2.24) is 0 Å². The van der Waals surface area contributed by atoms with Gasteiger partial charge in [0.15, 0.2) is 11.9 Å². The highest BCUT2D eigenvalue weighted by atomic mass is 79.9. The second-order valence-corrected chi connectivity index (χ2v) is 6.01. The van der Waals surface area contributed by atoms with Gasteiger partial charge in [-0.15, -0.1) is 0 Å². The third kappa shape index (κ3) is 4.52. The van der Waals surface area contributed by atoms with Crippen LogP contribution in [0, 0.1) is 0 Å². The molecule has 124 valence electrons. The van der Waals surface area contributed by atoms with E-state index in [4.69, 9.17) is 4.74 Å². The number of nitrogens with one attached hydrogen (secondary N) is 1. The van der Waals surface area contributed by atoms with Gasteiger partial charge in [-0.05, 0) is 54.0 Å². The van der Waals surface area contributed by atoms with Crippen LogP contribution in [-0.4, -0.2) is 23.8 Å². The van der Waals surface area contributed by atoms with Gasteiger partial charge in [0.25, 0.3) is 5.91 Å². The van der Waals surface area contributed by atoms with Gasteiger partial charge in [-0.3, -0.25) is 9.59 Å². The van der Waals surface area contributed by atoms with Crippen molar-refractivity contribution in [2.45, 2.75) is 20.0 Å². The lowest BCUT2D eigenvalue weighted by atomic mass is 10.1. The number of hydrogen-bond acceptors (Lipinski definition) is 4. The standard InChI is InChI=1S/C18H16BrNO4/c1-11(21)13-6-5-7-14(10-13)20-17(22)12(2)24-18(23)15-8-3-4-9-16(15)19/h3-10,12H,1-2H3,(H,20,22)/t12-/m0/s1. The summed E-state index contributed by atoms with van der Waals surface area (Å²) in [6.45, 7) is 2.93. The highest BCUT2D eigenvalue weighted by molar-refractivity contribution is 9.10. The molecule has 24 heavy (non-hydrogen) atoms. The lowest BCUT2D eigenvalue weighted by Crippen LogP contribution is -2.30. The molecule has 2 aromatic rings. The first kappa shape index (κ1) is 17.9. The predicted molar refractivity (Wildman–Crippen MR) is 94.1 cm³/mol. The first-order valence-corrected chi connectivity index (χ1v) is 8.05. The quantitative estimate of drug-likeness (QED) is 0.622. The van der Waals surface area contributed by atoms with Crippen LogP contribution in [0.25, 0.3) is 0 Å². The molecule has 1 amide bonds. The van der Waals surface area contributed by atoms with Crippen molar-refractivity contribution < 1.29 is 19.1 Å². The van der Waals surface area contributed by atoms with Crippen molar-refractivity contribution in [2.24, 2.45) is 0 Å². The summed E-state index contributed by atoms with van der Waals surface area (Å²) in [5.74, 6) is -1.17. The zero-order chi connectivity index (χ0) is 17.7. The Morgan fingerprint density at radius 3 is 2.46 bits per heavy atom. The van der Waals surface area contributed by atoms with Gasteiger partial charge in [-0.2, -0.15) is 0 Å². The number of anilines is 1. The molecule has 0 saturated carbocycles. The van der Waals surface area contributed by atoms with Crippen molar-refractivity contribution in [2.75, 3.05) is 5.32 Å². The molecule has 0 fully saturated rings. The van der Waals surface area contributed by atoms with E-state index in [0.717, 1.165) is 0 Å². The Bertz CT molecular complexity index is 788. The highest BCUT2D eigenvalue weighted by Gasteiger charge is 2.20. The van der Waals surface area contributed by atoms with Crippen molar-refractivity contribution in [3.8, 4) is 0 Å². The molecule has 0 aliphatic carbocycles. The van der Waals surface area contributed by atoms with Gasteiger partial charge in [-0.25, -0.2) is 4.79 Å². The lowest BCUT2D eigenvalue weighted by Gasteiger charge is -2.14. The Morgan fingerprint density at radius 1 is 1.08 bits per heavy atom. The molecule has 0 unspecified atom stereocenters. The second-order valence-electron chi connectivity index (χ2n) is 5.15. The predicted octanol–water partition coefficient (Wildman–Crippen LogP) is 3.84. The van der Waals surface area contributed by atoms with Crippen LogP contribution in [-0.2, 0) is 9.53 Å². The van der Waals surface area contributed by atoms with E-state index in [-0.39, 0.29) is 5.78 Å². The average molecular weight is 390 g/mol. The smallest absolute Gasteiger partial charge is 0.340 e. The molecule has 0 aliphatic heterocycles. The van der Waals surface area contributed by atoms with E-state index in [1.54, 1.807) is 48.5 Å². The Balaban J connectivity index is 2.02. The fraction of sp³-hybridized carbons (Fsp3) is 0.167. The number of hydrogen-bond donors (Lipinski definition) is 1. The van der Waals surface area contributed by atoms with Crippen molar-refractivity contribution >= 4 is 39.3 Å². The minimum Gasteiger partial charge on any atom is -0.449 e. The van der Waals surface area contributed by atoms with E-state index in [1.807, 2.05) is 0 Å². The first-order chi connectivity index (χ1) is 11.4. The third-order valence-corrected chi connectivity index (χ3v) is 3.97. The molecular formula is C18H16BrNO4. The van der Waals surface area contributed by atoms with Gasteiger partial charge in [-0.1, -0.05) is 24.3 Å². The molecule has 2 rings (SSSR count). The van der Waals surface area contributed by atoms with Crippen LogP contribution in [0.4, 0.5) is 5.69 Å². The zero-order valence-electron chi connectivity index (χ0n) is 13.2. The summed E-state index contributed by atoms with van der Waals surface area (Å²) in [7, 11) is 0. The maximum atomic E-state index is 12.2. The second kappa shape index (κ2) is 7.88. The van der Waals surface area contributed by atoms with Gasteiger partial charge in [0.05, 0.1) is 5.56 Å². The van der Waals surface area contributed by atoms with E-state index in [2.05, 4.69) is 21.2 Å². The maximum absolute atomic E-state index is 12.2. The van der Waals surface area contributed by atoms with E-state index >= 15 is 0 Å². The zero-order valence-corrected chi connectivity index (χ0v) is 14.8. The van der Waals surface area contributed by atoms with Crippen LogP contribution >= 0.6 is 15.9 Å². The van der Waals surface area contributed by atoms with Crippen molar-refractivity contribution in [3.05, 3.63) is 64.1 Å². The topological polar surface area (TPSA) is 72.5 Å². The Labute approximate surface area is 148 Å². The molecule has 0 aromatic heterocycles. The number of carbonyl (C=O) groups excluding carboxylic acids is 3.